The Balaban J connectivity index is 1.58. The van der Waals surface area contributed by atoms with Crippen LogP contribution in [0.3, 0.4) is 0 Å². The number of benzene rings is 1. The zero-order valence-electron chi connectivity index (χ0n) is 10.4. The molecule has 18 heavy (non-hydrogen) atoms. The largest absolute Gasteiger partial charge is 0.371 e. The maximum atomic E-state index is 5.93. The van der Waals surface area contributed by atoms with Gasteiger partial charge in [-0.3, -0.25) is 0 Å². The van der Waals surface area contributed by atoms with E-state index >= 15 is 0 Å². The summed E-state index contributed by atoms with van der Waals surface area (Å²) >= 11 is 5.93. The lowest BCUT2D eigenvalue weighted by atomic mass is 9.86. The molecule has 2 aliphatic carbocycles. The maximum absolute atomic E-state index is 5.93. The summed E-state index contributed by atoms with van der Waals surface area (Å²) in [5, 5.41) is 0. The average Bonchev–Trinajstić information content (AvgIpc) is 3.10. The number of hydrogen-bond donors (Lipinski definition) is 0. The number of allylic oxidation sites excluding steroid dienone is 2. The van der Waals surface area contributed by atoms with Crippen LogP contribution in [0, 0.1) is 23.7 Å². The minimum atomic E-state index is 0.612. The Labute approximate surface area is 113 Å². The van der Waals surface area contributed by atoms with Crippen LogP contribution in [0.15, 0.2) is 36.4 Å². The van der Waals surface area contributed by atoms with E-state index in [-0.39, 0.29) is 0 Å². The number of fused-ring (bicyclic) bond motifs is 5. The first-order chi connectivity index (χ1) is 8.85. The minimum absolute atomic E-state index is 0.612. The van der Waals surface area contributed by atoms with Crippen molar-refractivity contribution in [3.8, 4) is 0 Å². The highest BCUT2D eigenvalue weighted by Gasteiger charge is 2.49. The van der Waals surface area contributed by atoms with Crippen LogP contribution < -0.4 is 4.90 Å². The number of nitrogens with zero attached hydrogens (tertiary/aromatic N) is 1. The Morgan fingerprint density at radius 3 is 2.50 bits per heavy atom. The fourth-order valence-electron chi connectivity index (χ4n) is 4.20. The quantitative estimate of drug-likeness (QED) is 0.579. The molecule has 0 aromatic heterocycles. The first-order valence-corrected chi connectivity index (χ1v) is 7.47. The molecule has 1 heterocycles. The minimum Gasteiger partial charge on any atom is -0.371 e. The molecule has 4 unspecified atom stereocenters. The van der Waals surface area contributed by atoms with Crippen LogP contribution in [0.25, 0.3) is 0 Å². The Bertz CT molecular complexity index is 476. The molecule has 0 radical (unpaired) electrons. The fraction of sp³-hybridized carbons (Fsp3) is 0.500. The molecule has 1 aliphatic heterocycles. The van der Waals surface area contributed by atoms with E-state index in [4.69, 9.17) is 11.6 Å². The number of anilines is 1. The summed E-state index contributed by atoms with van der Waals surface area (Å²) in [7, 11) is 0. The standard InChI is InChI=1S/C16H18ClN/c17-8-11-2-1-3-14(6-11)18-9-15-12-4-5-13(7-12)16(15)10-18/h1-6,12-13,15-16H,7-10H2. The van der Waals surface area contributed by atoms with Crippen LogP contribution in [0.1, 0.15) is 12.0 Å². The van der Waals surface area contributed by atoms with Crippen molar-refractivity contribution in [2.24, 2.45) is 23.7 Å². The van der Waals surface area contributed by atoms with Gasteiger partial charge in [-0.15, -0.1) is 11.6 Å². The first kappa shape index (κ1) is 10.9. The molecule has 0 amide bonds. The Morgan fingerprint density at radius 1 is 1.11 bits per heavy atom. The van der Waals surface area contributed by atoms with Crippen molar-refractivity contribution >= 4 is 17.3 Å². The van der Waals surface area contributed by atoms with E-state index in [2.05, 4.69) is 41.3 Å². The lowest BCUT2D eigenvalue weighted by Gasteiger charge is -2.21. The summed E-state index contributed by atoms with van der Waals surface area (Å²) in [5.74, 6) is 4.14. The van der Waals surface area contributed by atoms with Gasteiger partial charge in [-0.2, -0.15) is 0 Å². The first-order valence-electron chi connectivity index (χ1n) is 6.93. The summed E-state index contributed by atoms with van der Waals surface area (Å²) in [5.41, 5.74) is 2.59. The molecule has 1 aromatic rings. The van der Waals surface area contributed by atoms with Crippen LogP contribution in [0.4, 0.5) is 5.69 Å². The van der Waals surface area contributed by atoms with Crippen molar-refractivity contribution in [2.45, 2.75) is 12.3 Å². The Hall–Kier alpha value is -0.950. The number of halogens is 1. The van der Waals surface area contributed by atoms with E-state index in [0.29, 0.717) is 5.88 Å². The summed E-state index contributed by atoms with van der Waals surface area (Å²) in [6.07, 6.45) is 6.35. The third kappa shape index (κ3) is 1.53. The molecular formula is C16H18ClN. The molecule has 1 saturated heterocycles. The van der Waals surface area contributed by atoms with Crippen LogP contribution in [-0.4, -0.2) is 13.1 Å². The third-order valence-electron chi connectivity index (χ3n) is 5.09. The monoisotopic (exact) mass is 259 g/mol. The SMILES string of the molecule is ClCc1cccc(N2CC3C4C=CC(C4)C3C2)c1. The average molecular weight is 260 g/mol. The molecule has 1 aromatic carbocycles. The van der Waals surface area contributed by atoms with Gasteiger partial charge in [-0.05, 0) is 47.8 Å². The zero-order valence-corrected chi connectivity index (χ0v) is 11.2. The molecule has 2 heteroatoms. The predicted molar refractivity (Wildman–Crippen MR) is 75.9 cm³/mol. The summed E-state index contributed by atoms with van der Waals surface area (Å²) in [4.78, 5) is 2.57. The van der Waals surface area contributed by atoms with Crippen molar-refractivity contribution in [2.75, 3.05) is 18.0 Å². The molecule has 1 saturated carbocycles. The van der Waals surface area contributed by atoms with Gasteiger partial charge in [0.2, 0.25) is 0 Å². The molecular weight excluding hydrogens is 242 g/mol. The smallest absolute Gasteiger partial charge is 0.0474 e. The zero-order chi connectivity index (χ0) is 12.1. The highest BCUT2D eigenvalue weighted by atomic mass is 35.5. The van der Waals surface area contributed by atoms with Gasteiger partial charge in [0.25, 0.3) is 0 Å². The van der Waals surface area contributed by atoms with Gasteiger partial charge in [-0.1, -0.05) is 24.3 Å². The molecule has 2 bridgehead atoms. The number of rotatable bonds is 2. The van der Waals surface area contributed by atoms with Gasteiger partial charge in [0.1, 0.15) is 0 Å². The van der Waals surface area contributed by atoms with Crippen molar-refractivity contribution in [1.29, 1.82) is 0 Å². The van der Waals surface area contributed by atoms with E-state index in [9.17, 15) is 0 Å². The van der Waals surface area contributed by atoms with E-state index in [1.807, 2.05) is 0 Å². The summed E-state index contributed by atoms with van der Waals surface area (Å²) in [6.45, 7) is 2.48. The fourth-order valence-corrected chi connectivity index (χ4v) is 4.37. The van der Waals surface area contributed by atoms with Gasteiger partial charge in [0.15, 0.2) is 0 Å². The lowest BCUT2D eigenvalue weighted by Crippen LogP contribution is -2.22. The van der Waals surface area contributed by atoms with E-state index < -0.39 is 0 Å². The molecule has 0 N–H and O–H groups in total. The second-order valence-corrected chi connectivity index (χ2v) is 6.25. The number of hydrogen-bond acceptors (Lipinski definition) is 1. The molecule has 4 atom stereocenters. The maximum Gasteiger partial charge on any atom is 0.0474 e. The van der Waals surface area contributed by atoms with Crippen LogP contribution in [-0.2, 0) is 5.88 Å². The van der Waals surface area contributed by atoms with Crippen molar-refractivity contribution in [1.82, 2.24) is 0 Å². The van der Waals surface area contributed by atoms with Gasteiger partial charge < -0.3 is 4.90 Å². The van der Waals surface area contributed by atoms with Gasteiger partial charge in [0, 0.05) is 24.7 Å². The number of alkyl halides is 1. The van der Waals surface area contributed by atoms with Gasteiger partial charge in [-0.25, -0.2) is 0 Å². The van der Waals surface area contributed by atoms with Crippen molar-refractivity contribution in [3.05, 3.63) is 42.0 Å². The molecule has 0 spiro atoms. The second-order valence-electron chi connectivity index (χ2n) is 5.98. The molecule has 2 fully saturated rings. The normalized spacial score (nSPS) is 36.4. The second kappa shape index (κ2) is 4.03. The van der Waals surface area contributed by atoms with E-state index in [0.717, 1.165) is 23.7 Å². The third-order valence-corrected chi connectivity index (χ3v) is 5.40. The van der Waals surface area contributed by atoms with Crippen LogP contribution in [0.2, 0.25) is 0 Å². The molecule has 1 nitrogen and oxygen atoms in total. The summed E-state index contributed by atoms with van der Waals surface area (Å²) in [6, 6.07) is 8.72. The van der Waals surface area contributed by atoms with E-state index in [1.165, 1.54) is 30.8 Å². The van der Waals surface area contributed by atoms with Crippen LogP contribution >= 0.6 is 11.6 Å². The van der Waals surface area contributed by atoms with Crippen molar-refractivity contribution in [3.63, 3.8) is 0 Å². The van der Waals surface area contributed by atoms with Gasteiger partial charge >= 0.3 is 0 Å². The Kier molecular flexibility index (Phi) is 2.44. The molecule has 3 aliphatic rings. The predicted octanol–water partition coefficient (Wildman–Crippen LogP) is 3.68. The topological polar surface area (TPSA) is 3.24 Å². The van der Waals surface area contributed by atoms with Gasteiger partial charge in [0.05, 0.1) is 0 Å². The van der Waals surface area contributed by atoms with E-state index in [1.54, 1.807) is 0 Å². The van der Waals surface area contributed by atoms with Crippen molar-refractivity contribution < 1.29 is 0 Å². The Morgan fingerprint density at radius 2 is 1.83 bits per heavy atom. The highest BCUT2D eigenvalue weighted by molar-refractivity contribution is 6.17. The molecule has 94 valence electrons. The molecule has 4 rings (SSSR count). The highest BCUT2D eigenvalue weighted by Crippen LogP contribution is 2.51. The summed E-state index contributed by atoms with van der Waals surface area (Å²) < 4.78 is 0. The lowest BCUT2D eigenvalue weighted by molar-refractivity contribution is 0.395. The van der Waals surface area contributed by atoms with Crippen LogP contribution in [0.5, 0.6) is 0 Å².